The van der Waals surface area contributed by atoms with Gasteiger partial charge in [-0.2, -0.15) is 0 Å². The first-order valence-electron chi connectivity index (χ1n) is 4.78. The van der Waals surface area contributed by atoms with Gasteiger partial charge in [-0.15, -0.1) is 0 Å². The lowest BCUT2D eigenvalue weighted by atomic mass is 10.0. The molecule has 2 rings (SSSR count). The van der Waals surface area contributed by atoms with Gasteiger partial charge in [0.05, 0.1) is 12.7 Å². The predicted octanol–water partition coefficient (Wildman–Crippen LogP) is 1.53. The molecule has 12 heavy (non-hydrogen) atoms. The average molecular weight is 281 g/mol. The molecule has 0 N–H and O–H groups in total. The Morgan fingerprint density at radius 1 is 1.42 bits per heavy atom. The molecule has 2 bridgehead atoms. The van der Waals surface area contributed by atoms with Crippen LogP contribution in [0, 0.1) is 5.92 Å². The van der Waals surface area contributed by atoms with E-state index >= 15 is 0 Å². The van der Waals surface area contributed by atoms with Crippen molar-refractivity contribution >= 4 is 22.6 Å². The van der Waals surface area contributed by atoms with Crippen molar-refractivity contribution in [1.82, 2.24) is 4.90 Å². The Morgan fingerprint density at radius 3 is 3.08 bits per heavy atom. The maximum Gasteiger partial charge on any atom is 0.0706 e. The first-order valence-corrected chi connectivity index (χ1v) is 6.31. The highest BCUT2D eigenvalue weighted by Crippen LogP contribution is 2.26. The van der Waals surface area contributed by atoms with Crippen LogP contribution in [0.4, 0.5) is 0 Å². The Hall–Kier alpha value is 0.650. The van der Waals surface area contributed by atoms with Crippen LogP contribution in [0.3, 0.4) is 0 Å². The van der Waals surface area contributed by atoms with Gasteiger partial charge in [0.15, 0.2) is 0 Å². The van der Waals surface area contributed by atoms with Crippen molar-refractivity contribution in [2.24, 2.45) is 5.92 Å². The first-order chi connectivity index (χ1) is 5.88. The van der Waals surface area contributed by atoms with E-state index in [1.54, 1.807) is 0 Å². The summed E-state index contributed by atoms with van der Waals surface area (Å²) in [6, 6.07) is 0. The Labute approximate surface area is 87.8 Å². The molecular formula is C9H16INO. The number of fused-ring (bicyclic) bond motifs is 2. The standard InChI is InChI=1S/C9H16INO/c10-2-1-3-11-5-8-4-9(6-11)12-7-8/h8-9H,1-7H2. The molecule has 2 fully saturated rings. The molecule has 3 heteroatoms. The van der Waals surface area contributed by atoms with E-state index in [0.29, 0.717) is 6.10 Å². The predicted molar refractivity (Wildman–Crippen MR) is 57.8 cm³/mol. The lowest BCUT2D eigenvalue weighted by molar-refractivity contribution is 0.0845. The van der Waals surface area contributed by atoms with Crippen LogP contribution < -0.4 is 0 Å². The van der Waals surface area contributed by atoms with Gasteiger partial charge in [-0.25, -0.2) is 0 Å². The summed E-state index contributed by atoms with van der Waals surface area (Å²) in [6.45, 7) is 4.77. The molecule has 2 aliphatic rings. The van der Waals surface area contributed by atoms with E-state index in [-0.39, 0.29) is 0 Å². The van der Waals surface area contributed by atoms with Crippen molar-refractivity contribution < 1.29 is 4.74 Å². The lowest BCUT2D eigenvalue weighted by Crippen LogP contribution is -2.39. The molecule has 0 aromatic rings. The van der Waals surface area contributed by atoms with E-state index in [4.69, 9.17) is 4.74 Å². The number of halogens is 1. The number of ether oxygens (including phenoxy) is 1. The third kappa shape index (κ3) is 2.12. The first kappa shape index (κ1) is 9.21. The van der Waals surface area contributed by atoms with Gasteiger partial charge < -0.3 is 9.64 Å². The largest absolute Gasteiger partial charge is 0.377 e. The third-order valence-electron chi connectivity index (χ3n) is 2.75. The molecule has 0 amide bonds. The van der Waals surface area contributed by atoms with Crippen molar-refractivity contribution in [2.45, 2.75) is 18.9 Å². The normalized spacial score (nSPS) is 35.8. The quantitative estimate of drug-likeness (QED) is 0.574. The van der Waals surface area contributed by atoms with Gasteiger partial charge in [0, 0.05) is 17.5 Å². The fraction of sp³-hybridized carbons (Fsp3) is 1.00. The lowest BCUT2D eigenvalue weighted by Gasteiger charge is -2.29. The second-order valence-electron chi connectivity index (χ2n) is 3.86. The number of hydrogen-bond donors (Lipinski definition) is 0. The summed E-state index contributed by atoms with van der Waals surface area (Å²) in [6.07, 6.45) is 3.22. The molecule has 2 nitrogen and oxygen atoms in total. The summed E-state index contributed by atoms with van der Waals surface area (Å²) in [5.41, 5.74) is 0. The zero-order valence-corrected chi connectivity index (χ0v) is 9.50. The molecule has 0 spiro atoms. The van der Waals surface area contributed by atoms with Crippen LogP contribution in [0.1, 0.15) is 12.8 Å². The average Bonchev–Trinajstić information content (AvgIpc) is 2.42. The molecule has 0 radical (unpaired) electrons. The topological polar surface area (TPSA) is 12.5 Å². The third-order valence-corrected chi connectivity index (χ3v) is 3.51. The monoisotopic (exact) mass is 281 g/mol. The van der Waals surface area contributed by atoms with Crippen LogP contribution in [-0.4, -0.2) is 41.7 Å². The Balaban J connectivity index is 1.78. The summed E-state index contributed by atoms with van der Waals surface area (Å²) < 4.78 is 6.93. The fourth-order valence-electron chi connectivity index (χ4n) is 2.23. The molecule has 2 saturated heterocycles. The van der Waals surface area contributed by atoms with Crippen molar-refractivity contribution in [3.05, 3.63) is 0 Å². The summed E-state index contributed by atoms with van der Waals surface area (Å²) >= 11 is 2.45. The van der Waals surface area contributed by atoms with Crippen LogP contribution in [0.15, 0.2) is 0 Å². The number of likely N-dealkylation sites (tertiary alicyclic amines) is 1. The fourth-order valence-corrected chi connectivity index (χ4v) is 2.57. The zero-order chi connectivity index (χ0) is 8.39. The molecular weight excluding hydrogens is 265 g/mol. The minimum Gasteiger partial charge on any atom is -0.377 e. The molecule has 2 aliphatic heterocycles. The van der Waals surface area contributed by atoms with Gasteiger partial charge in [-0.3, -0.25) is 0 Å². The second-order valence-corrected chi connectivity index (χ2v) is 4.94. The van der Waals surface area contributed by atoms with Crippen molar-refractivity contribution in [3.8, 4) is 0 Å². The Kier molecular flexibility index (Phi) is 3.26. The molecule has 0 saturated carbocycles. The zero-order valence-electron chi connectivity index (χ0n) is 7.34. The minimum atomic E-state index is 0.568. The van der Waals surface area contributed by atoms with Crippen molar-refractivity contribution in [1.29, 1.82) is 0 Å². The Bertz CT molecular complexity index is 141. The summed E-state index contributed by atoms with van der Waals surface area (Å²) in [7, 11) is 0. The highest BCUT2D eigenvalue weighted by atomic mass is 127. The molecule has 0 aliphatic carbocycles. The van der Waals surface area contributed by atoms with E-state index in [1.807, 2.05) is 0 Å². The highest BCUT2D eigenvalue weighted by molar-refractivity contribution is 14.1. The van der Waals surface area contributed by atoms with Gasteiger partial charge in [0.1, 0.15) is 0 Å². The molecule has 2 atom stereocenters. The van der Waals surface area contributed by atoms with E-state index in [9.17, 15) is 0 Å². The van der Waals surface area contributed by atoms with E-state index in [0.717, 1.165) is 12.5 Å². The van der Waals surface area contributed by atoms with E-state index in [1.165, 1.54) is 36.9 Å². The number of piperidine rings is 1. The summed E-state index contributed by atoms with van der Waals surface area (Å²) in [4.78, 5) is 2.57. The summed E-state index contributed by atoms with van der Waals surface area (Å²) in [5.74, 6) is 0.845. The van der Waals surface area contributed by atoms with Crippen molar-refractivity contribution in [3.63, 3.8) is 0 Å². The molecule has 70 valence electrons. The second kappa shape index (κ2) is 4.24. The summed E-state index contributed by atoms with van der Waals surface area (Å²) in [5, 5.41) is 0. The maximum atomic E-state index is 5.64. The molecule has 0 aromatic carbocycles. The SMILES string of the molecule is ICCCN1CC2COC(C2)C1. The Morgan fingerprint density at radius 2 is 2.33 bits per heavy atom. The van der Waals surface area contributed by atoms with Crippen LogP contribution in [0.5, 0.6) is 0 Å². The highest BCUT2D eigenvalue weighted by Gasteiger charge is 2.33. The van der Waals surface area contributed by atoms with Gasteiger partial charge in [-0.05, 0) is 25.3 Å². The minimum absolute atomic E-state index is 0.568. The van der Waals surface area contributed by atoms with Crippen molar-refractivity contribution in [2.75, 3.05) is 30.7 Å². The van der Waals surface area contributed by atoms with Crippen LogP contribution in [0.25, 0.3) is 0 Å². The maximum absolute atomic E-state index is 5.64. The van der Waals surface area contributed by atoms with Gasteiger partial charge in [0.25, 0.3) is 0 Å². The molecule has 2 heterocycles. The van der Waals surface area contributed by atoms with E-state index < -0.39 is 0 Å². The van der Waals surface area contributed by atoms with Crippen LogP contribution in [-0.2, 0) is 4.74 Å². The molecule has 2 unspecified atom stereocenters. The smallest absolute Gasteiger partial charge is 0.0706 e. The van der Waals surface area contributed by atoms with E-state index in [2.05, 4.69) is 27.5 Å². The number of alkyl halides is 1. The van der Waals surface area contributed by atoms with Gasteiger partial charge >= 0.3 is 0 Å². The van der Waals surface area contributed by atoms with Gasteiger partial charge in [0.2, 0.25) is 0 Å². The number of hydrogen-bond acceptors (Lipinski definition) is 2. The van der Waals surface area contributed by atoms with Crippen LogP contribution >= 0.6 is 22.6 Å². The molecule has 0 aromatic heterocycles. The number of nitrogens with zero attached hydrogens (tertiary/aromatic N) is 1. The van der Waals surface area contributed by atoms with Crippen LogP contribution in [0.2, 0.25) is 0 Å². The van der Waals surface area contributed by atoms with Gasteiger partial charge in [-0.1, -0.05) is 22.6 Å². The number of rotatable bonds is 3.